The minimum atomic E-state index is -0.803. The fraction of sp³-hybridized carbons (Fsp3) is 0.440. The van der Waals surface area contributed by atoms with Gasteiger partial charge in [0.05, 0.1) is 0 Å². The standard InChI is InChI=1S/C25H31N3O2/c29-22(27-19-24(14-9-15-24)21-12-5-2-6-13-21)25(16-7-8-17-25)28-23(30)26-18-20-10-3-1-4-11-20/h1-6,10-13H,7-9,14-19H2,(H,27,29)(H2,26,28,30). The Bertz CT molecular complexity index is 856. The molecule has 5 nitrogen and oxygen atoms in total. The SMILES string of the molecule is O=C(NCc1ccccc1)NC1(C(=O)NCC2(c3ccccc3)CCC2)CCCC1. The van der Waals surface area contributed by atoms with E-state index in [1.165, 1.54) is 12.0 Å². The first kappa shape index (κ1) is 20.5. The molecule has 2 fully saturated rings. The highest BCUT2D eigenvalue weighted by Crippen LogP contribution is 2.43. The van der Waals surface area contributed by atoms with Crippen molar-refractivity contribution in [3.8, 4) is 0 Å². The van der Waals surface area contributed by atoms with E-state index in [4.69, 9.17) is 0 Å². The van der Waals surface area contributed by atoms with Gasteiger partial charge in [0.1, 0.15) is 5.54 Å². The van der Waals surface area contributed by atoms with E-state index in [0.717, 1.165) is 31.2 Å². The Kier molecular flexibility index (Phi) is 6.07. The molecule has 2 aromatic rings. The van der Waals surface area contributed by atoms with Gasteiger partial charge < -0.3 is 16.0 Å². The van der Waals surface area contributed by atoms with Crippen molar-refractivity contribution in [2.75, 3.05) is 6.54 Å². The molecule has 0 radical (unpaired) electrons. The molecular weight excluding hydrogens is 374 g/mol. The normalized spacial score (nSPS) is 18.8. The maximum atomic E-state index is 13.2. The Morgan fingerprint density at radius 1 is 0.767 bits per heavy atom. The first-order chi connectivity index (χ1) is 14.6. The average molecular weight is 406 g/mol. The average Bonchev–Trinajstić information content (AvgIpc) is 3.22. The van der Waals surface area contributed by atoms with E-state index in [1.807, 2.05) is 36.4 Å². The van der Waals surface area contributed by atoms with Gasteiger partial charge in [0.2, 0.25) is 5.91 Å². The molecule has 30 heavy (non-hydrogen) atoms. The van der Waals surface area contributed by atoms with Crippen molar-refractivity contribution < 1.29 is 9.59 Å². The zero-order valence-electron chi connectivity index (χ0n) is 17.5. The summed E-state index contributed by atoms with van der Waals surface area (Å²) >= 11 is 0. The smallest absolute Gasteiger partial charge is 0.315 e. The molecule has 2 aliphatic carbocycles. The predicted octanol–water partition coefficient (Wildman–Crippen LogP) is 4.04. The number of benzene rings is 2. The molecule has 2 saturated carbocycles. The zero-order chi connectivity index (χ0) is 20.9. The number of nitrogens with one attached hydrogen (secondary N) is 3. The van der Waals surface area contributed by atoms with Crippen LogP contribution in [-0.2, 0) is 16.8 Å². The monoisotopic (exact) mass is 405 g/mol. The van der Waals surface area contributed by atoms with Gasteiger partial charge in [-0.05, 0) is 36.8 Å². The fourth-order valence-corrected chi connectivity index (χ4v) is 4.81. The highest BCUT2D eigenvalue weighted by Gasteiger charge is 2.45. The van der Waals surface area contributed by atoms with E-state index in [1.54, 1.807) is 0 Å². The van der Waals surface area contributed by atoms with Crippen molar-refractivity contribution >= 4 is 11.9 Å². The van der Waals surface area contributed by atoms with Gasteiger partial charge in [0, 0.05) is 18.5 Å². The molecule has 3 amide bonds. The van der Waals surface area contributed by atoms with Crippen molar-refractivity contribution in [3.05, 3.63) is 71.8 Å². The van der Waals surface area contributed by atoms with Crippen LogP contribution in [-0.4, -0.2) is 24.0 Å². The number of hydrogen-bond donors (Lipinski definition) is 3. The minimum absolute atomic E-state index is 0.0340. The van der Waals surface area contributed by atoms with E-state index in [2.05, 4.69) is 40.2 Å². The van der Waals surface area contributed by atoms with Gasteiger partial charge in [0.15, 0.2) is 0 Å². The number of rotatable bonds is 7. The summed E-state index contributed by atoms with van der Waals surface area (Å²) in [5.41, 5.74) is 1.56. The molecule has 0 bridgehead atoms. The molecular formula is C25H31N3O2. The Labute approximate surface area is 178 Å². The van der Waals surface area contributed by atoms with Crippen molar-refractivity contribution in [1.82, 2.24) is 16.0 Å². The Morgan fingerprint density at radius 2 is 1.40 bits per heavy atom. The van der Waals surface area contributed by atoms with Crippen LogP contribution in [0.25, 0.3) is 0 Å². The van der Waals surface area contributed by atoms with Crippen LogP contribution in [0.2, 0.25) is 0 Å². The Hall–Kier alpha value is -2.82. The van der Waals surface area contributed by atoms with E-state index in [-0.39, 0.29) is 17.4 Å². The van der Waals surface area contributed by atoms with E-state index in [9.17, 15) is 9.59 Å². The van der Waals surface area contributed by atoms with Crippen LogP contribution in [0.15, 0.2) is 60.7 Å². The lowest BCUT2D eigenvalue weighted by Crippen LogP contribution is -2.60. The number of carbonyl (C=O) groups is 2. The number of amides is 3. The van der Waals surface area contributed by atoms with Gasteiger partial charge in [0.25, 0.3) is 0 Å². The Balaban J connectivity index is 1.37. The van der Waals surface area contributed by atoms with Crippen LogP contribution in [0.3, 0.4) is 0 Å². The molecule has 0 aromatic heterocycles. The van der Waals surface area contributed by atoms with Crippen LogP contribution in [0.5, 0.6) is 0 Å². The lowest BCUT2D eigenvalue weighted by molar-refractivity contribution is -0.127. The topological polar surface area (TPSA) is 70.2 Å². The van der Waals surface area contributed by atoms with Crippen molar-refractivity contribution in [2.24, 2.45) is 0 Å². The number of hydrogen-bond acceptors (Lipinski definition) is 2. The van der Waals surface area contributed by atoms with Crippen LogP contribution < -0.4 is 16.0 Å². The Morgan fingerprint density at radius 3 is 2.00 bits per heavy atom. The molecule has 2 aromatic carbocycles. The lowest BCUT2D eigenvalue weighted by Gasteiger charge is -2.43. The second-order valence-corrected chi connectivity index (χ2v) is 8.77. The highest BCUT2D eigenvalue weighted by molar-refractivity contribution is 5.91. The third-order valence-electron chi connectivity index (χ3n) is 6.82. The fourth-order valence-electron chi connectivity index (χ4n) is 4.81. The third-order valence-corrected chi connectivity index (χ3v) is 6.82. The van der Waals surface area contributed by atoms with Crippen LogP contribution >= 0.6 is 0 Å². The molecule has 4 rings (SSSR count). The van der Waals surface area contributed by atoms with Gasteiger partial charge in [-0.2, -0.15) is 0 Å². The highest BCUT2D eigenvalue weighted by atomic mass is 16.2. The zero-order valence-corrected chi connectivity index (χ0v) is 17.5. The van der Waals surface area contributed by atoms with Gasteiger partial charge in [-0.3, -0.25) is 4.79 Å². The predicted molar refractivity (Wildman–Crippen MR) is 118 cm³/mol. The quantitative estimate of drug-likeness (QED) is 0.651. The first-order valence-electron chi connectivity index (χ1n) is 11.1. The van der Waals surface area contributed by atoms with Crippen LogP contribution in [0.4, 0.5) is 4.79 Å². The molecule has 2 aliphatic rings. The lowest BCUT2D eigenvalue weighted by atomic mass is 9.64. The summed E-state index contributed by atoms with van der Waals surface area (Å²) in [7, 11) is 0. The van der Waals surface area contributed by atoms with Crippen LogP contribution in [0.1, 0.15) is 56.1 Å². The van der Waals surface area contributed by atoms with Crippen LogP contribution in [0, 0.1) is 0 Å². The van der Waals surface area contributed by atoms with Crippen molar-refractivity contribution in [2.45, 2.75) is 62.4 Å². The molecule has 5 heteroatoms. The number of urea groups is 1. The van der Waals surface area contributed by atoms with E-state index in [0.29, 0.717) is 25.9 Å². The molecule has 3 N–H and O–H groups in total. The van der Waals surface area contributed by atoms with Crippen molar-refractivity contribution in [1.29, 1.82) is 0 Å². The van der Waals surface area contributed by atoms with Gasteiger partial charge in [-0.15, -0.1) is 0 Å². The summed E-state index contributed by atoms with van der Waals surface area (Å²) in [6.07, 6.45) is 6.67. The van der Waals surface area contributed by atoms with Gasteiger partial charge >= 0.3 is 6.03 Å². The summed E-state index contributed by atoms with van der Waals surface area (Å²) in [4.78, 5) is 25.8. The summed E-state index contributed by atoms with van der Waals surface area (Å²) in [6, 6.07) is 20.0. The first-order valence-corrected chi connectivity index (χ1v) is 11.1. The largest absolute Gasteiger partial charge is 0.353 e. The van der Waals surface area contributed by atoms with Crippen molar-refractivity contribution in [3.63, 3.8) is 0 Å². The third kappa shape index (κ3) is 4.35. The van der Waals surface area contributed by atoms with Gasteiger partial charge in [-0.1, -0.05) is 79.9 Å². The molecule has 0 unspecified atom stereocenters. The van der Waals surface area contributed by atoms with E-state index < -0.39 is 5.54 Å². The molecule has 0 heterocycles. The minimum Gasteiger partial charge on any atom is -0.353 e. The second kappa shape index (κ2) is 8.90. The maximum absolute atomic E-state index is 13.2. The molecule has 0 atom stereocenters. The number of carbonyl (C=O) groups excluding carboxylic acids is 2. The summed E-state index contributed by atoms with van der Waals surface area (Å²) < 4.78 is 0. The summed E-state index contributed by atoms with van der Waals surface area (Å²) in [6.45, 7) is 1.08. The van der Waals surface area contributed by atoms with Gasteiger partial charge in [-0.25, -0.2) is 4.79 Å². The van der Waals surface area contributed by atoms with E-state index >= 15 is 0 Å². The maximum Gasteiger partial charge on any atom is 0.315 e. The second-order valence-electron chi connectivity index (χ2n) is 8.77. The summed E-state index contributed by atoms with van der Waals surface area (Å²) in [5, 5.41) is 9.11. The molecule has 0 saturated heterocycles. The molecule has 0 spiro atoms. The molecule has 158 valence electrons. The summed E-state index contributed by atoms with van der Waals surface area (Å²) in [5.74, 6) is -0.0444. The molecule has 0 aliphatic heterocycles.